The van der Waals surface area contributed by atoms with E-state index in [0.29, 0.717) is 19.4 Å². The van der Waals surface area contributed by atoms with Crippen LogP contribution in [0.4, 0.5) is 0 Å². The molecule has 6 nitrogen and oxygen atoms in total. The van der Waals surface area contributed by atoms with Gasteiger partial charge < -0.3 is 20.3 Å². The highest BCUT2D eigenvalue weighted by Gasteiger charge is 2.18. The minimum Gasteiger partial charge on any atom is -0.466 e. The molecule has 0 aromatic carbocycles. The van der Waals surface area contributed by atoms with Crippen molar-refractivity contribution in [3.63, 3.8) is 0 Å². The van der Waals surface area contributed by atoms with Gasteiger partial charge in [0, 0.05) is 12.8 Å². The molecule has 0 aliphatic carbocycles. The van der Waals surface area contributed by atoms with Crippen molar-refractivity contribution in [2.24, 2.45) is 0 Å². The van der Waals surface area contributed by atoms with Gasteiger partial charge in [0.2, 0.25) is 5.91 Å². The van der Waals surface area contributed by atoms with Gasteiger partial charge >= 0.3 is 5.97 Å². The first kappa shape index (κ1) is 71.6. The smallest absolute Gasteiger partial charge is 0.305 e. The maximum atomic E-state index is 12.5. The largest absolute Gasteiger partial charge is 0.466 e. The SMILES string of the molecule is CCCCC/C=C\C/C=C\CCCCCCCCCC(=O)OCCCCC/C=C\C/C=C\CCCCCCCCCC(=O)NC(CO)C(O)/C=C/CCCCCCCCCCCCCCCCCCCCCCC. The third kappa shape index (κ3) is 58.8. The normalized spacial score (nSPS) is 13.0. The van der Waals surface area contributed by atoms with Crippen molar-refractivity contribution in [3.8, 4) is 0 Å². The Kier molecular flexibility index (Phi) is 61.0. The Morgan fingerprint density at radius 2 is 0.676 bits per heavy atom. The van der Waals surface area contributed by atoms with E-state index < -0.39 is 12.1 Å². The maximum absolute atomic E-state index is 12.5. The van der Waals surface area contributed by atoms with Gasteiger partial charge in [-0.3, -0.25) is 9.59 Å². The first-order valence-electron chi connectivity index (χ1n) is 32.6. The second-order valence-electron chi connectivity index (χ2n) is 22.1. The van der Waals surface area contributed by atoms with Gasteiger partial charge in [-0.15, -0.1) is 0 Å². The average Bonchev–Trinajstić information content (AvgIpc) is 3.40. The summed E-state index contributed by atoms with van der Waals surface area (Å²) in [7, 11) is 0. The van der Waals surface area contributed by atoms with Crippen LogP contribution in [0, 0.1) is 0 Å². The van der Waals surface area contributed by atoms with Crippen LogP contribution in [0.1, 0.15) is 335 Å². The van der Waals surface area contributed by atoms with Gasteiger partial charge in [-0.1, -0.05) is 280 Å². The Morgan fingerprint density at radius 3 is 1.05 bits per heavy atom. The fourth-order valence-electron chi connectivity index (χ4n) is 9.75. The van der Waals surface area contributed by atoms with E-state index in [1.54, 1.807) is 6.08 Å². The molecule has 3 N–H and O–H groups in total. The third-order valence-corrected chi connectivity index (χ3v) is 14.8. The molecule has 1 amide bonds. The molecule has 0 fully saturated rings. The Morgan fingerprint density at radius 1 is 0.378 bits per heavy atom. The van der Waals surface area contributed by atoms with Gasteiger partial charge in [0.05, 0.1) is 25.4 Å². The number of ether oxygens (including phenoxy) is 1. The van der Waals surface area contributed by atoms with Gasteiger partial charge in [0.25, 0.3) is 0 Å². The number of nitrogens with one attached hydrogen (secondary N) is 1. The second-order valence-corrected chi connectivity index (χ2v) is 22.1. The average molecular weight is 1040 g/mol. The number of amides is 1. The standard InChI is InChI=1S/C68H125NO5/c1-3-5-7-9-11-13-15-17-19-21-22-23-24-25-26-29-32-36-40-44-48-52-56-60-66(71)65(64-70)69-67(72)61-57-53-49-45-41-37-33-30-27-31-35-39-43-47-51-55-59-63-74-68(73)62-58-54-50-46-42-38-34-28-20-18-16-14-12-10-8-6-4-2/h12,14,18,20,27,31,39,43,56,60,65-66,70-71H,3-11,13,15-17,19,21-26,28-30,32-38,40-42,44-55,57-59,61-64H2,1-2H3,(H,69,72)/b14-12-,20-18-,31-27-,43-39-,60-56+. The lowest BCUT2D eigenvalue weighted by molar-refractivity contribution is -0.143. The molecule has 0 rings (SSSR count). The van der Waals surface area contributed by atoms with E-state index >= 15 is 0 Å². The lowest BCUT2D eigenvalue weighted by Gasteiger charge is -2.20. The highest BCUT2D eigenvalue weighted by molar-refractivity contribution is 5.76. The number of aliphatic hydroxyl groups is 2. The Labute approximate surface area is 460 Å². The Bertz CT molecular complexity index is 1290. The molecule has 432 valence electrons. The number of carbonyl (C=O) groups is 2. The Balaban J connectivity index is 3.53. The van der Waals surface area contributed by atoms with Crippen LogP contribution in [-0.4, -0.2) is 47.4 Å². The predicted molar refractivity (Wildman–Crippen MR) is 324 cm³/mol. The zero-order valence-corrected chi connectivity index (χ0v) is 49.3. The molecular formula is C68H125NO5. The molecule has 0 aromatic heterocycles. The van der Waals surface area contributed by atoms with E-state index in [1.807, 2.05) is 6.08 Å². The van der Waals surface area contributed by atoms with Crippen molar-refractivity contribution in [3.05, 3.63) is 60.8 Å². The summed E-state index contributed by atoms with van der Waals surface area (Å²) in [5.74, 6) is -0.107. The van der Waals surface area contributed by atoms with Crippen LogP contribution in [0.2, 0.25) is 0 Å². The predicted octanol–water partition coefficient (Wildman–Crippen LogP) is 20.7. The molecule has 0 aliphatic rings. The molecule has 0 aromatic rings. The summed E-state index contributed by atoms with van der Waals surface area (Å²) in [5, 5.41) is 23.2. The lowest BCUT2D eigenvalue weighted by atomic mass is 10.0. The topological polar surface area (TPSA) is 95.9 Å². The number of rotatable bonds is 60. The van der Waals surface area contributed by atoms with E-state index in [4.69, 9.17) is 4.74 Å². The molecular weight excluding hydrogens is 911 g/mol. The summed E-state index contributed by atoms with van der Waals surface area (Å²) < 4.78 is 5.46. The summed E-state index contributed by atoms with van der Waals surface area (Å²) in [6.07, 6.45) is 82.6. The van der Waals surface area contributed by atoms with E-state index in [0.717, 1.165) is 89.9 Å². The zero-order valence-electron chi connectivity index (χ0n) is 49.3. The molecule has 6 heteroatoms. The minimum absolute atomic E-state index is 0.0243. The number of allylic oxidation sites excluding steroid dienone is 9. The monoisotopic (exact) mass is 1040 g/mol. The molecule has 2 unspecified atom stereocenters. The van der Waals surface area contributed by atoms with Crippen LogP contribution in [0.5, 0.6) is 0 Å². The van der Waals surface area contributed by atoms with Crippen LogP contribution in [-0.2, 0) is 14.3 Å². The van der Waals surface area contributed by atoms with Crippen molar-refractivity contribution in [1.29, 1.82) is 0 Å². The van der Waals surface area contributed by atoms with Crippen LogP contribution in [0.25, 0.3) is 0 Å². The van der Waals surface area contributed by atoms with Crippen LogP contribution in [0.3, 0.4) is 0 Å². The van der Waals surface area contributed by atoms with Crippen molar-refractivity contribution in [1.82, 2.24) is 5.32 Å². The fraction of sp³-hybridized carbons (Fsp3) is 0.824. The third-order valence-electron chi connectivity index (χ3n) is 14.8. The molecule has 0 saturated carbocycles. The van der Waals surface area contributed by atoms with E-state index in [9.17, 15) is 19.8 Å². The van der Waals surface area contributed by atoms with Gasteiger partial charge in [-0.25, -0.2) is 0 Å². The summed E-state index contributed by atoms with van der Waals surface area (Å²) in [6, 6.07) is -0.643. The second kappa shape index (κ2) is 63.1. The summed E-state index contributed by atoms with van der Waals surface area (Å²) in [6.45, 7) is 4.85. The highest BCUT2D eigenvalue weighted by atomic mass is 16.5. The minimum atomic E-state index is -0.858. The van der Waals surface area contributed by atoms with Crippen molar-refractivity contribution in [2.75, 3.05) is 13.2 Å². The van der Waals surface area contributed by atoms with Crippen LogP contribution < -0.4 is 5.32 Å². The van der Waals surface area contributed by atoms with Gasteiger partial charge in [-0.05, 0) is 103 Å². The molecule has 0 spiro atoms. The quantitative estimate of drug-likeness (QED) is 0.0320. The van der Waals surface area contributed by atoms with Gasteiger partial charge in [0.1, 0.15) is 0 Å². The fourth-order valence-corrected chi connectivity index (χ4v) is 9.75. The van der Waals surface area contributed by atoms with Gasteiger partial charge in [-0.2, -0.15) is 0 Å². The number of unbranched alkanes of at least 4 members (excludes halogenated alkanes) is 41. The molecule has 0 saturated heterocycles. The number of aliphatic hydroxyl groups excluding tert-OH is 2. The number of hydrogen-bond acceptors (Lipinski definition) is 5. The van der Waals surface area contributed by atoms with E-state index in [2.05, 4.69) is 67.8 Å². The van der Waals surface area contributed by atoms with Gasteiger partial charge in [0.15, 0.2) is 0 Å². The summed E-state index contributed by atoms with van der Waals surface area (Å²) in [4.78, 5) is 24.6. The highest BCUT2D eigenvalue weighted by Crippen LogP contribution is 2.17. The first-order valence-corrected chi connectivity index (χ1v) is 32.6. The molecule has 74 heavy (non-hydrogen) atoms. The zero-order chi connectivity index (χ0) is 53.6. The molecule has 0 radical (unpaired) electrons. The van der Waals surface area contributed by atoms with E-state index in [-0.39, 0.29) is 18.5 Å². The molecule has 2 atom stereocenters. The summed E-state index contributed by atoms with van der Waals surface area (Å²) in [5.41, 5.74) is 0. The van der Waals surface area contributed by atoms with Crippen molar-refractivity contribution in [2.45, 2.75) is 347 Å². The first-order chi connectivity index (χ1) is 36.5. The Hall–Kier alpha value is -2.44. The molecule has 0 heterocycles. The maximum Gasteiger partial charge on any atom is 0.305 e. The van der Waals surface area contributed by atoms with E-state index in [1.165, 1.54) is 218 Å². The van der Waals surface area contributed by atoms with Crippen LogP contribution in [0.15, 0.2) is 60.8 Å². The number of esters is 1. The lowest BCUT2D eigenvalue weighted by Crippen LogP contribution is -2.45. The van der Waals surface area contributed by atoms with Crippen molar-refractivity contribution < 1.29 is 24.5 Å². The van der Waals surface area contributed by atoms with Crippen LogP contribution >= 0.6 is 0 Å². The summed E-state index contributed by atoms with van der Waals surface area (Å²) >= 11 is 0. The molecule has 0 bridgehead atoms. The number of hydrogen-bond donors (Lipinski definition) is 3. The number of carbonyl (C=O) groups excluding carboxylic acids is 2. The van der Waals surface area contributed by atoms with Crippen molar-refractivity contribution >= 4 is 11.9 Å². The molecule has 0 aliphatic heterocycles.